The molecular weight excluding hydrogens is 326 g/mol. The lowest BCUT2D eigenvalue weighted by Gasteiger charge is -2.28. The van der Waals surface area contributed by atoms with Gasteiger partial charge in [0.25, 0.3) is 0 Å². The smallest absolute Gasteiger partial charge is 0.0582 e. The number of hydrogen-bond acceptors (Lipinski definition) is 1. The lowest BCUT2D eigenvalue weighted by atomic mass is 9.76. The molecule has 1 heterocycles. The Balaban J connectivity index is 2.61. The Morgan fingerprint density at radius 2 is 1.92 bits per heavy atom. The van der Waals surface area contributed by atoms with Gasteiger partial charge in [0.15, 0.2) is 0 Å². The summed E-state index contributed by atoms with van der Waals surface area (Å²) >= 11 is 6.77. The molecule has 2 rings (SSSR count). The van der Waals surface area contributed by atoms with Gasteiger partial charge in [-0.1, -0.05) is 71.7 Å². The van der Waals surface area contributed by atoms with Gasteiger partial charge in [-0.3, -0.25) is 4.90 Å². The van der Waals surface area contributed by atoms with Crippen LogP contribution in [0.1, 0.15) is 90.3 Å². The zero-order valence-corrected chi connectivity index (χ0v) is 18.0. The van der Waals surface area contributed by atoms with Crippen LogP contribution >= 0.6 is 11.6 Å². The van der Waals surface area contributed by atoms with Crippen LogP contribution in [0.15, 0.2) is 29.3 Å². The van der Waals surface area contributed by atoms with Crippen LogP contribution in [-0.4, -0.2) is 18.5 Å². The summed E-state index contributed by atoms with van der Waals surface area (Å²) in [6, 6.07) is 6.79. The molecule has 0 radical (unpaired) electrons. The van der Waals surface area contributed by atoms with Crippen molar-refractivity contribution < 1.29 is 0 Å². The van der Waals surface area contributed by atoms with Crippen LogP contribution in [0.25, 0.3) is 0 Å². The van der Waals surface area contributed by atoms with Crippen molar-refractivity contribution in [1.29, 1.82) is 0 Å². The van der Waals surface area contributed by atoms with Crippen LogP contribution in [0.5, 0.6) is 0 Å². The fraction of sp³-hybridized carbons (Fsp3) is 0.652. The lowest BCUT2D eigenvalue weighted by molar-refractivity contribution is 0.306. The first-order valence-electron chi connectivity index (χ1n) is 9.99. The quantitative estimate of drug-likeness (QED) is 0.458. The van der Waals surface area contributed by atoms with Crippen molar-refractivity contribution in [2.75, 3.05) is 13.6 Å². The molecule has 2 unspecified atom stereocenters. The van der Waals surface area contributed by atoms with Crippen LogP contribution in [0.3, 0.4) is 0 Å². The highest BCUT2D eigenvalue weighted by molar-refractivity contribution is 6.31. The third-order valence-electron chi connectivity index (χ3n) is 6.14. The number of hydrogen-bond donors (Lipinski definition) is 0. The molecule has 0 bridgehead atoms. The molecule has 2 heteroatoms. The van der Waals surface area contributed by atoms with Crippen molar-refractivity contribution in [3.05, 3.63) is 45.5 Å². The van der Waals surface area contributed by atoms with Crippen molar-refractivity contribution in [3.63, 3.8) is 0 Å². The van der Waals surface area contributed by atoms with Gasteiger partial charge in [0.05, 0.1) is 6.04 Å². The average molecular weight is 362 g/mol. The molecular formula is C23H36ClN. The molecule has 0 aromatic heterocycles. The van der Waals surface area contributed by atoms with Gasteiger partial charge in [0, 0.05) is 11.6 Å². The molecule has 1 aromatic rings. The van der Waals surface area contributed by atoms with Crippen LogP contribution in [0.2, 0.25) is 5.02 Å². The second kappa shape index (κ2) is 8.27. The topological polar surface area (TPSA) is 3.24 Å². The minimum atomic E-state index is 0.265. The average Bonchev–Trinajstić information content (AvgIpc) is 2.91. The van der Waals surface area contributed by atoms with Crippen LogP contribution in [-0.2, 0) is 0 Å². The van der Waals surface area contributed by atoms with Crippen molar-refractivity contribution >= 4 is 11.6 Å². The zero-order valence-electron chi connectivity index (χ0n) is 17.2. The van der Waals surface area contributed by atoms with Gasteiger partial charge in [-0.2, -0.15) is 0 Å². The molecule has 0 fully saturated rings. The molecule has 25 heavy (non-hydrogen) atoms. The SMILES string of the molecule is CCCC(C)(C)C1=C(CC)C(c2c(Cl)cccc2C(C)CC)N(C)C1. The molecule has 0 saturated heterocycles. The number of benzene rings is 1. The molecule has 1 aliphatic heterocycles. The molecule has 140 valence electrons. The summed E-state index contributed by atoms with van der Waals surface area (Å²) < 4.78 is 0. The maximum atomic E-state index is 6.77. The third-order valence-corrected chi connectivity index (χ3v) is 6.47. The van der Waals surface area contributed by atoms with Gasteiger partial charge in [-0.25, -0.2) is 0 Å². The van der Waals surface area contributed by atoms with Gasteiger partial charge in [0.1, 0.15) is 0 Å². The molecule has 1 aromatic carbocycles. The van der Waals surface area contributed by atoms with E-state index in [1.807, 2.05) is 0 Å². The van der Waals surface area contributed by atoms with Crippen LogP contribution < -0.4 is 0 Å². The Bertz CT molecular complexity index is 629. The summed E-state index contributed by atoms with van der Waals surface area (Å²) in [6.45, 7) is 15.1. The van der Waals surface area contributed by atoms with Crippen molar-refractivity contribution in [2.24, 2.45) is 5.41 Å². The van der Waals surface area contributed by atoms with E-state index >= 15 is 0 Å². The van der Waals surface area contributed by atoms with Crippen molar-refractivity contribution in [2.45, 2.75) is 79.2 Å². The predicted octanol–water partition coefficient (Wildman–Crippen LogP) is 7.37. The van der Waals surface area contributed by atoms with Gasteiger partial charge in [-0.15, -0.1) is 0 Å². The molecule has 0 N–H and O–H groups in total. The van der Waals surface area contributed by atoms with Crippen molar-refractivity contribution in [1.82, 2.24) is 4.90 Å². The molecule has 2 atom stereocenters. The number of likely N-dealkylation sites (N-methyl/N-ethyl adjacent to an activating group) is 1. The van der Waals surface area contributed by atoms with Gasteiger partial charge < -0.3 is 0 Å². The van der Waals surface area contributed by atoms with Crippen LogP contribution in [0, 0.1) is 5.41 Å². The lowest BCUT2D eigenvalue weighted by Crippen LogP contribution is -2.24. The fourth-order valence-corrected chi connectivity index (χ4v) is 4.88. The number of rotatable bonds is 7. The summed E-state index contributed by atoms with van der Waals surface area (Å²) in [5.74, 6) is 0.535. The highest BCUT2D eigenvalue weighted by Gasteiger charge is 2.38. The van der Waals surface area contributed by atoms with Gasteiger partial charge in [0.2, 0.25) is 0 Å². The standard InChI is InChI=1S/C23H36ClN/c1-8-14-23(5,6)19-15-25(7)22(17(19)10-3)21-18(16(4)9-2)12-11-13-20(21)24/h11-13,16,22H,8-10,14-15H2,1-7H3. The summed E-state index contributed by atoms with van der Waals surface area (Å²) in [5.41, 5.74) is 6.27. The van der Waals surface area contributed by atoms with E-state index in [0.717, 1.165) is 24.4 Å². The van der Waals surface area contributed by atoms with E-state index in [0.29, 0.717) is 12.0 Å². The number of halogens is 1. The maximum Gasteiger partial charge on any atom is 0.0582 e. The van der Waals surface area contributed by atoms with Gasteiger partial charge in [-0.05, 0) is 66.0 Å². The molecule has 0 saturated carbocycles. The molecule has 1 nitrogen and oxygen atoms in total. The second-order valence-corrected chi connectivity index (χ2v) is 8.77. The Morgan fingerprint density at radius 3 is 2.48 bits per heavy atom. The Kier molecular flexibility index (Phi) is 6.79. The van der Waals surface area contributed by atoms with Crippen molar-refractivity contribution in [3.8, 4) is 0 Å². The Morgan fingerprint density at radius 1 is 1.24 bits per heavy atom. The Labute approximate surface area is 160 Å². The van der Waals surface area contributed by atoms with Crippen LogP contribution in [0.4, 0.5) is 0 Å². The maximum absolute atomic E-state index is 6.77. The second-order valence-electron chi connectivity index (χ2n) is 8.36. The molecule has 0 amide bonds. The summed E-state index contributed by atoms with van der Waals surface area (Å²) in [7, 11) is 2.26. The number of nitrogens with zero attached hydrogens (tertiary/aromatic N) is 1. The minimum Gasteiger partial charge on any atom is -0.292 e. The van der Waals surface area contributed by atoms with E-state index in [4.69, 9.17) is 11.6 Å². The normalized spacial score (nSPS) is 20.4. The monoisotopic (exact) mass is 361 g/mol. The summed E-state index contributed by atoms with van der Waals surface area (Å²) in [5, 5.41) is 0.926. The van der Waals surface area contributed by atoms with E-state index in [2.05, 4.69) is 71.7 Å². The third kappa shape index (κ3) is 3.98. The fourth-order valence-electron chi connectivity index (χ4n) is 4.59. The summed E-state index contributed by atoms with van der Waals surface area (Å²) in [6.07, 6.45) is 4.71. The van der Waals surface area contributed by atoms with E-state index in [1.165, 1.54) is 24.0 Å². The molecule has 1 aliphatic rings. The van der Waals surface area contributed by atoms with E-state index in [1.54, 1.807) is 11.1 Å². The molecule has 0 aliphatic carbocycles. The van der Waals surface area contributed by atoms with E-state index in [-0.39, 0.29) is 5.41 Å². The van der Waals surface area contributed by atoms with E-state index < -0.39 is 0 Å². The highest BCUT2D eigenvalue weighted by atomic mass is 35.5. The zero-order chi connectivity index (χ0) is 18.8. The Hall–Kier alpha value is -0.790. The van der Waals surface area contributed by atoms with E-state index in [9.17, 15) is 0 Å². The first kappa shape index (κ1) is 20.5. The first-order chi connectivity index (χ1) is 11.8. The first-order valence-corrected chi connectivity index (χ1v) is 10.4. The summed E-state index contributed by atoms with van der Waals surface area (Å²) in [4.78, 5) is 2.51. The van der Waals surface area contributed by atoms with Gasteiger partial charge >= 0.3 is 0 Å². The predicted molar refractivity (Wildman–Crippen MR) is 112 cm³/mol. The minimum absolute atomic E-state index is 0.265. The largest absolute Gasteiger partial charge is 0.292 e. The highest BCUT2D eigenvalue weighted by Crippen LogP contribution is 2.49. The molecule has 0 spiro atoms.